The predicted molar refractivity (Wildman–Crippen MR) is 61.7 cm³/mol. The standard InChI is InChI=1S/C11H21N5/c1-8(2)12-6-10-13-14-15-16(10)7-9-5-11(9,3)4/h8-9,12H,5-7H2,1-4H3. The van der Waals surface area contributed by atoms with E-state index < -0.39 is 0 Å². The van der Waals surface area contributed by atoms with E-state index in [0.717, 1.165) is 24.8 Å². The van der Waals surface area contributed by atoms with Gasteiger partial charge in [0, 0.05) is 12.6 Å². The summed E-state index contributed by atoms with van der Waals surface area (Å²) in [6.45, 7) is 10.5. The van der Waals surface area contributed by atoms with Gasteiger partial charge in [0.1, 0.15) is 0 Å². The maximum absolute atomic E-state index is 4.06. The van der Waals surface area contributed by atoms with Gasteiger partial charge in [-0.2, -0.15) is 0 Å². The van der Waals surface area contributed by atoms with Crippen LogP contribution in [0.5, 0.6) is 0 Å². The van der Waals surface area contributed by atoms with Gasteiger partial charge in [0.05, 0.1) is 6.54 Å². The lowest BCUT2D eigenvalue weighted by Gasteiger charge is -2.08. The van der Waals surface area contributed by atoms with Crippen molar-refractivity contribution in [1.82, 2.24) is 25.5 Å². The second kappa shape index (κ2) is 4.13. The lowest BCUT2D eigenvalue weighted by Crippen LogP contribution is -2.24. The Labute approximate surface area is 96.6 Å². The van der Waals surface area contributed by atoms with E-state index in [-0.39, 0.29) is 0 Å². The maximum Gasteiger partial charge on any atom is 0.165 e. The highest BCUT2D eigenvalue weighted by Gasteiger charge is 2.45. The summed E-state index contributed by atoms with van der Waals surface area (Å²) in [5.41, 5.74) is 0.481. The lowest BCUT2D eigenvalue weighted by molar-refractivity contribution is 0.443. The fourth-order valence-corrected chi connectivity index (χ4v) is 1.88. The maximum atomic E-state index is 4.06. The Morgan fingerprint density at radius 3 is 2.75 bits per heavy atom. The Balaban J connectivity index is 1.92. The number of tetrazole rings is 1. The molecular weight excluding hydrogens is 202 g/mol. The molecule has 0 saturated heterocycles. The van der Waals surface area contributed by atoms with Gasteiger partial charge in [0.25, 0.3) is 0 Å². The number of rotatable bonds is 5. The molecule has 0 bridgehead atoms. The van der Waals surface area contributed by atoms with E-state index in [1.807, 2.05) is 4.68 Å². The van der Waals surface area contributed by atoms with Crippen molar-refractivity contribution in [2.45, 2.75) is 53.2 Å². The van der Waals surface area contributed by atoms with Crippen molar-refractivity contribution in [2.75, 3.05) is 0 Å². The van der Waals surface area contributed by atoms with Crippen LogP contribution in [0, 0.1) is 11.3 Å². The van der Waals surface area contributed by atoms with Crippen molar-refractivity contribution >= 4 is 0 Å². The summed E-state index contributed by atoms with van der Waals surface area (Å²) in [7, 11) is 0. The molecule has 90 valence electrons. The quantitative estimate of drug-likeness (QED) is 0.815. The molecule has 1 aromatic rings. The second-order valence-corrected chi connectivity index (χ2v) is 5.70. The summed E-state index contributed by atoms with van der Waals surface area (Å²) in [5, 5.41) is 15.2. The summed E-state index contributed by atoms with van der Waals surface area (Å²) in [6.07, 6.45) is 1.28. The summed E-state index contributed by atoms with van der Waals surface area (Å²) in [4.78, 5) is 0. The first kappa shape index (κ1) is 11.5. The largest absolute Gasteiger partial charge is 0.308 e. The Morgan fingerprint density at radius 2 is 2.19 bits per heavy atom. The van der Waals surface area contributed by atoms with Crippen LogP contribution in [0.2, 0.25) is 0 Å². The van der Waals surface area contributed by atoms with Crippen LogP contribution in [0.25, 0.3) is 0 Å². The van der Waals surface area contributed by atoms with Crippen LogP contribution in [-0.2, 0) is 13.1 Å². The molecule has 0 radical (unpaired) electrons. The smallest absolute Gasteiger partial charge is 0.165 e. The molecule has 2 rings (SSSR count). The second-order valence-electron chi connectivity index (χ2n) is 5.70. The van der Waals surface area contributed by atoms with Crippen LogP contribution >= 0.6 is 0 Å². The minimum atomic E-state index is 0.461. The van der Waals surface area contributed by atoms with Crippen LogP contribution < -0.4 is 5.32 Å². The first-order chi connectivity index (χ1) is 7.49. The molecule has 1 saturated carbocycles. The SMILES string of the molecule is CC(C)NCc1nnnn1CC1CC1(C)C. The van der Waals surface area contributed by atoms with Crippen molar-refractivity contribution < 1.29 is 0 Å². The Hall–Kier alpha value is -0.970. The third-order valence-electron chi connectivity index (χ3n) is 3.39. The Kier molecular flexibility index (Phi) is 2.97. The summed E-state index contributed by atoms with van der Waals surface area (Å²) >= 11 is 0. The summed E-state index contributed by atoms with van der Waals surface area (Å²) in [6, 6.07) is 0.461. The molecule has 1 aliphatic carbocycles. The molecule has 1 aliphatic rings. The monoisotopic (exact) mass is 223 g/mol. The molecule has 16 heavy (non-hydrogen) atoms. The van der Waals surface area contributed by atoms with Gasteiger partial charge in [-0.1, -0.05) is 27.7 Å². The highest BCUT2D eigenvalue weighted by Crippen LogP contribution is 2.52. The topological polar surface area (TPSA) is 55.6 Å². The molecule has 0 aliphatic heterocycles. The van der Waals surface area contributed by atoms with Crippen molar-refractivity contribution in [3.8, 4) is 0 Å². The average molecular weight is 223 g/mol. The highest BCUT2D eigenvalue weighted by atomic mass is 15.5. The number of aromatic nitrogens is 4. The molecule has 1 N–H and O–H groups in total. The molecular formula is C11H21N5. The van der Waals surface area contributed by atoms with Gasteiger partial charge in [0.15, 0.2) is 5.82 Å². The molecule has 5 heteroatoms. The van der Waals surface area contributed by atoms with Gasteiger partial charge in [-0.25, -0.2) is 4.68 Å². The molecule has 1 atom stereocenters. The molecule has 5 nitrogen and oxygen atoms in total. The molecule has 0 spiro atoms. The normalized spacial score (nSPS) is 22.7. The van der Waals surface area contributed by atoms with Gasteiger partial charge in [0.2, 0.25) is 0 Å². The van der Waals surface area contributed by atoms with E-state index >= 15 is 0 Å². The van der Waals surface area contributed by atoms with Crippen LogP contribution in [0.4, 0.5) is 0 Å². The molecule has 0 aromatic carbocycles. The molecule has 1 aromatic heterocycles. The van der Waals surface area contributed by atoms with Crippen LogP contribution in [-0.4, -0.2) is 26.2 Å². The zero-order valence-corrected chi connectivity index (χ0v) is 10.6. The fourth-order valence-electron chi connectivity index (χ4n) is 1.88. The van der Waals surface area contributed by atoms with Gasteiger partial charge in [-0.05, 0) is 28.2 Å². The number of nitrogens with zero attached hydrogens (tertiary/aromatic N) is 4. The minimum Gasteiger partial charge on any atom is -0.308 e. The van der Waals surface area contributed by atoms with Crippen molar-refractivity contribution in [2.24, 2.45) is 11.3 Å². The van der Waals surface area contributed by atoms with E-state index in [1.165, 1.54) is 6.42 Å². The first-order valence-electron chi connectivity index (χ1n) is 5.97. The number of hydrogen-bond donors (Lipinski definition) is 1. The molecule has 1 heterocycles. The average Bonchev–Trinajstić information content (AvgIpc) is 2.60. The third-order valence-corrected chi connectivity index (χ3v) is 3.39. The molecule has 0 amide bonds. The molecule has 1 unspecified atom stereocenters. The summed E-state index contributed by atoms with van der Waals surface area (Å²) < 4.78 is 1.94. The number of nitrogens with one attached hydrogen (secondary N) is 1. The van der Waals surface area contributed by atoms with Gasteiger partial charge < -0.3 is 5.32 Å². The highest BCUT2D eigenvalue weighted by molar-refractivity contribution is 4.96. The van der Waals surface area contributed by atoms with E-state index in [2.05, 4.69) is 48.5 Å². The zero-order valence-electron chi connectivity index (χ0n) is 10.6. The van der Waals surface area contributed by atoms with Crippen molar-refractivity contribution in [3.05, 3.63) is 5.82 Å². The van der Waals surface area contributed by atoms with E-state index in [1.54, 1.807) is 0 Å². The third kappa shape index (κ3) is 2.58. The number of hydrogen-bond acceptors (Lipinski definition) is 4. The van der Waals surface area contributed by atoms with Crippen LogP contribution in [0.1, 0.15) is 39.9 Å². The summed E-state index contributed by atoms with van der Waals surface area (Å²) in [5.74, 6) is 1.67. The van der Waals surface area contributed by atoms with Crippen LogP contribution in [0.3, 0.4) is 0 Å². The molecule has 1 fully saturated rings. The fraction of sp³-hybridized carbons (Fsp3) is 0.909. The van der Waals surface area contributed by atoms with E-state index in [9.17, 15) is 0 Å². The van der Waals surface area contributed by atoms with Gasteiger partial charge >= 0.3 is 0 Å². The Bertz CT molecular complexity index is 355. The van der Waals surface area contributed by atoms with Gasteiger partial charge in [-0.3, -0.25) is 0 Å². The van der Waals surface area contributed by atoms with E-state index in [4.69, 9.17) is 0 Å². The van der Waals surface area contributed by atoms with Crippen molar-refractivity contribution in [1.29, 1.82) is 0 Å². The zero-order chi connectivity index (χ0) is 11.8. The minimum absolute atomic E-state index is 0.461. The van der Waals surface area contributed by atoms with Crippen LogP contribution in [0.15, 0.2) is 0 Å². The van der Waals surface area contributed by atoms with Crippen molar-refractivity contribution in [3.63, 3.8) is 0 Å². The lowest BCUT2D eigenvalue weighted by atomic mass is 10.1. The Morgan fingerprint density at radius 1 is 1.50 bits per heavy atom. The first-order valence-corrected chi connectivity index (χ1v) is 5.97. The van der Waals surface area contributed by atoms with E-state index in [0.29, 0.717) is 11.5 Å². The van der Waals surface area contributed by atoms with Gasteiger partial charge in [-0.15, -0.1) is 5.10 Å². The predicted octanol–water partition coefficient (Wildman–Crippen LogP) is 1.22.